The third kappa shape index (κ3) is 3.22. The van der Waals surface area contributed by atoms with Gasteiger partial charge in [-0.2, -0.15) is 0 Å². The lowest BCUT2D eigenvalue weighted by atomic mass is 9.71. The van der Waals surface area contributed by atoms with E-state index in [-0.39, 0.29) is 5.97 Å². The molecule has 1 N–H and O–H groups in total. The fraction of sp³-hybridized carbons (Fsp3) is 0.611. The van der Waals surface area contributed by atoms with Gasteiger partial charge in [0.1, 0.15) is 5.54 Å². The molecule has 0 spiro atoms. The minimum atomic E-state index is -0.560. The molecule has 1 saturated carbocycles. The average molecular weight is 289 g/mol. The average Bonchev–Trinajstić information content (AvgIpc) is 2.50. The van der Waals surface area contributed by atoms with Crippen LogP contribution in [0.4, 0.5) is 5.69 Å². The molecule has 0 aliphatic heterocycles. The molecule has 1 aromatic rings. The van der Waals surface area contributed by atoms with Gasteiger partial charge < -0.3 is 10.1 Å². The topological polar surface area (TPSA) is 38.3 Å². The summed E-state index contributed by atoms with van der Waals surface area (Å²) >= 11 is 0. The highest BCUT2D eigenvalue weighted by atomic mass is 16.5. The number of para-hydroxylation sites is 1. The van der Waals surface area contributed by atoms with Crippen molar-refractivity contribution in [2.24, 2.45) is 5.92 Å². The van der Waals surface area contributed by atoms with Crippen molar-refractivity contribution < 1.29 is 9.53 Å². The van der Waals surface area contributed by atoms with E-state index in [0.29, 0.717) is 12.5 Å². The van der Waals surface area contributed by atoms with E-state index in [1.165, 1.54) is 12.0 Å². The van der Waals surface area contributed by atoms with E-state index in [2.05, 4.69) is 31.3 Å². The van der Waals surface area contributed by atoms with Crippen LogP contribution in [0.15, 0.2) is 24.3 Å². The Balaban J connectivity index is 2.35. The lowest BCUT2D eigenvalue weighted by molar-refractivity contribution is -0.152. The van der Waals surface area contributed by atoms with Crippen LogP contribution < -0.4 is 5.32 Å². The molecular formula is C18H27NO2. The highest BCUT2D eigenvalue weighted by Gasteiger charge is 2.47. The lowest BCUT2D eigenvalue weighted by Crippen LogP contribution is -2.55. The van der Waals surface area contributed by atoms with Gasteiger partial charge in [0.15, 0.2) is 0 Å². The van der Waals surface area contributed by atoms with Gasteiger partial charge in [-0.15, -0.1) is 0 Å². The first-order valence-corrected chi connectivity index (χ1v) is 8.15. The molecule has 0 bridgehead atoms. The highest BCUT2D eigenvalue weighted by molar-refractivity contribution is 5.85. The van der Waals surface area contributed by atoms with Gasteiger partial charge in [-0.3, -0.25) is 0 Å². The molecular weight excluding hydrogens is 262 g/mol. The molecule has 2 unspecified atom stereocenters. The van der Waals surface area contributed by atoms with Crippen LogP contribution in [-0.4, -0.2) is 18.1 Å². The van der Waals surface area contributed by atoms with Crippen LogP contribution in [-0.2, 0) is 9.53 Å². The van der Waals surface area contributed by atoms with Crippen LogP contribution in [0, 0.1) is 12.8 Å². The summed E-state index contributed by atoms with van der Waals surface area (Å²) in [6, 6.07) is 8.16. The van der Waals surface area contributed by atoms with E-state index < -0.39 is 5.54 Å². The number of rotatable bonds is 5. The Labute approximate surface area is 128 Å². The molecule has 1 aliphatic rings. The number of hydrogen-bond donors (Lipinski definition) is 1. The number of anilines is 1. The molecule has 2 atom stereocenters. The number of carbonyl (C=O) groups excluding carboxylic acids is 1. The normalized spacial score (nSPS) is 25.4. The van der Waals surface area contributed by atoms with E-state index in [0.717, 1.165) is 31.4 Å². The number of aryl methyl sites for hydroxylation is 1. The maximum Gasteiger partial charge on any atom is 0.332 e. The lowest BCUT2D eigenvalue weighted by Gasteiger charge is -2.43. The van der Waals surface area contributed by atoms with Crippen molar-refractivity contribution in [3.63, 3.8) is 0 Å². The van der Waals surface area contributed by atoms with Crippen LogP contribution in [0.5, 0.6) is 0 Å². The number of ether oxygens (including phenoxy) is 1. The standard InChI is InChI=1S/C18H27NO2/c1-4-15-11-8-9-13-18(15,17(20)21-5-2)19-16-12-7-6-10-14(16)3/h6-7,10,12,15,19H,4-5,8-9,11,13H2,1-3H3. The Morgan fingerprint density at radius 3 is 2.76 bits per heavy atom. The summed E-state index contributed by atoms with van der Waals surface area (Å²) in [4.78, 5) is 12.7. The van der Waals surface area contributed by atoms with Crippen molar-refractivity contribution in [2.45, 2.75) is 58.4 Å². The van der Waals surface area contributed by atoms with Crippen molar-refractivity contribution >= 4 is 11.7 Å². The van der Waals surface area contributed by atoms with E-state index in [1.54, 1.807) is 0 Å². The molecule has 0 saturated heterocycles. The second-order valence-electron chi connectivity index (χ2n) is 5.98. The van der Waals surface area contributed by atoms with E-state index >= 15 is 0 Å². The van der Waals surface area contributed by atoms with Crippen molar-refractivity contribution in [1.82, 2.24) is 0 Å². The molecule has 0 radical (unpaired) electrons. The minimum absolute atomic E-state index is 0.0835. The molecule has 1 aliphatic carbocycles. The van der Waals surface area contributed by atoms with Gasteiger partial charge >= 0.3 is 5.97 Å². The smallest absolute Gasteiger partial charge is 0.332 e. The van der Waals surface area contributed by atoms with Gasteiger partial charge in [-0.05, 0) is 44.2 Å². The zero-order chi connectivity index (χ0) is 15.3. The maximum absolute atomic E-state index is 12.7. The molecule has 1 aromatic carbocycles. The number of benzene rings is 1. The Bertz CT molecular complexity index is 486. The monoisotopic (exact) mass is 289 g/mol. The van der Waals surface area contributed by atoms with Gasteiger partial charge in [0.05, 0.1) is 6.61 Å². The summed E-state index contributed by atoms with van der Waals surface area (Å²) in [5, 5.41) is 3.57. The Morgan fingerprint density at radius 2 is 2.10 bits per heavy atom. The summed E-state index contributed by atoms with van der Waals surface area (Å²) in [6.45, 7) is 6.56. The van der Waals surface area contributed by atoms with Gasteiger partial charge in [0, 0.05) is 5.69 Å². The largest absolute Gasteiger partial charge is 0.464 e. The molecule has 2 rings (SSSR count). The first-order valence-electron chi connectivity index (χ1n) is 8.15. The highest BCUT2D eigenvalue weighted by Crippen LogP contribution is 2.40. The number of nitrogens with one attached hydrogen (secondary N) is 1. The predicted molar refractivity (Wildman–Crippen MR) is 86.4 cm³/mol. The molecule has 3 heteroatoms. The van der Waals surface area contributed by atoms with Crippen LogP contribution in [0.1, 0.15) is 51.5 Å². The van der Waals surface area contributed by atoms with E-state index in [1.807, 2.05) is 19.1 Å². The Hall–Kier alpha value is -1.51. The zero-order valence-electron chi connectivity index (χ0n) is 13.4. The second-order valence-corrected chi connectivity index (χ2v) is 5.98. The summed E-state index contributed by atoms with van der Waals surface area (Å²) in [6.07, 6.45) is 5.23. The SMILES string of the molecule is CCOC(=O)C1(Nc2ccccc2C)CCCCC1CC. The fourth-order valence-corrected chi connectivity index (χ4v) is 3.50. The third-order valence-corrected chi connectivity index (χ3v) is 4.71. The number of esters is 1. The van der Waals surface area contributed by atoms with Gasteiger partial charge in [-0.25, -0.2) is 4.79 Å². The van der Waals surface area contributed by atoms with Crippen molar-refractivity contribution in [3.05, 3.63) is 29.8 Å². The zero-order valence-corrected chi connectivity index (χ0v) is 13.4. The first kappa shape index (κ1) is 15.9. The molecule has 21 heavy (non-hydrogen) atoms. The summed E-state index contributed by atoms with van der Waals surface area (Å²) in [7, 11) is 0. The van der Waals surface area contributed by atoms with Gasteiger partial charge in [0.2, 0.25) is 0 Å². The van der Waals surface area contributed by atoms with E-state index in [9.17, 15) is 4.79 Å². The van der Waals surface area contributed by atoms with Crippen LogP contribution >= 0.6 is 0 Å². The van der Waals surface area contributed by atoms with Crippen LogP contribution in [0.25, 0.3) is 0 Å². The second kappa shape index (κ2) is 6.97. The minimum Gasteiger partial charge on any atom is -0.464 e. The summed E-state index contributed by atoms with van der Waals surface area (Å²) in [5.41, 5.74) is 1.65. The quantitative estimate of drug-likeness (QED) is 0.821. The Morgan fingerprint density at radius 1 is 1.33 bits per heavy atom. The maximum atomic E-state index is 12.7. The fourth-order valence-electron chi connectivity index (χ4n) is 3.50. The molecule has 0 aromatic heterocycles. The molecule has 116 valence electrons. The predicted octanol–water partition coefficient (Wildman–Crippen LogP) is 4.31. The van der Waals surface area contributed by atoms with E-state index in [4.69, 9.17) is 4.74 Å². The molecule has 1 fully saturated rings. The third-order valence-electron chi connectivity index (χ3n) is 4.71. The molecule has 3 nitrogen and oxygen atoms in total. The Kier molecular flexibility index (Phi) is 5.27. The van der Waals surface area contributed by atoms with Gasteiger partial charge in [0.25, 0.3) is 0 Å². The first-order chi connectivity index (χ1) is 10.1. The molecule has 0 heterocycles. The van der Waals surface area contributed by atoms with Crippen molar-refractivity contribution in [1.29, 1.82) is 0 Å². The van der Waals surface area contributed by atoms with Crippen molar-refractivity contribution in [3.8, 4) is 0 Å². The van der Waals surface area contributed by atoms with Crippen LogP contribution in [0.2, 0.25) is 0 Å². The molecule has 0 amide bonds. The number of carbonyl (C=O) groups is 1. The summed E-state index contributed by atoms with van der Waals surface area (Å²) < 4.78 is 5.43. The van der Waals surface area contributed by atoms with Crippen LogP contribution in [0.3, 0.4) is 0 Å². The number of hydrogen-bond acceptors (Lipinski definition) is 3. The summed E-state index contributed by atoms with van der Waals surface area (Å²) in [5.74, 6) is 0.254. The van der Waals surface area contributed by atoms with Crippen molar-refractivity contribution in [2.75, 3.05) is 11.9 Å². The van der Waals surface area contributed by atoms with Gasteiger partial charge in [-0.1, -0.05) is 44.4 Å².